The summed E-state index contributed by atoms with van der Waals surface area (Å²) in [7, 11) is 0. The summed E-state index contributed by atoms with van der Waals surface area (Å²) in [4.78, 5) is 10.6. The summed E-state index contributed by atoms with van der Waals surface area (Å²) in [6.45, 7) is 2.86. The van der Waals surface area contributed by atoms with Crippen LogP contribution in [0.25, 0.3) is 0 Å². The molecular weight excluding hydrogens is 128 g/mol. The number of Topliss-reactive ketones (excluding diaryl/α,β-unsaturated/α-hetero) is 1. The fourth-order valence-corrected chi connectivity index (χ4v) is 1.15. The van der Waals surface area contributed by atoms with Gasteiger partial charge in [-0.15, -0.1) is 0 Å². The summed E-state index contributed by atoms with van der Waals surface area (Å²) >= 11 is 0. The Morgan fingerprint density at radius 2 is 2.40 bits per heavy atom. The number of carbonyl (C=O) groups excluding carboxylic acids is 1. The Labute approximate surface area is 60.0 Å². The minimum absolute atomic E-state index is 0.100. The van der Waals surface area contributed by atoms with E-state index in [1.165, 1.54) is 6.92 Å². The average molecular weight is 138 g/mol. The van der Waals surface area contributed by atoms with Crippen LogP contribution in [-0.2, 0) is 4.79 Å². The molecule has 1 rings (SSSR count). The molecule has 1 saturated heterocycles. The van der Waals surface area contributed by atoms with Gasteiger partial charge in [0.1, 0.15) is 5.78 Å². The first-order valence-corrected chi connectivity index (χ1v) is 3.30. The van der Waals surface area contributed by atoms with Crippen LogP contribution in [0.15, 0.2) is 0 Å². The van der Waals surface area contributed by atoms with Gasteiger partial charge in [0, 0.05) is 19.5 Å². The number of carbonyl (C=O) groups is 1. The van der Waals surface area contributed by atoms with Gasteiger partial charge in [0.2, 0.25) is 0 Å². The third kappa shape index (κ3) is 1.17. The van der Waals surface area contributed by atoms with Crippen molar-refractivity contribution in [3.05, 3.63) is 0 Å². The highest BCUT2D eigenvalue weighted by molar-refractivity contribution is 5.77. The Bertz CT molecular complexity index is 188. The topological polar surface area (TPSA) is 52.9 Å². The lowest BCUT2D eigenvalue weighted by atomic mass is 9.79. The smallest absolute Gasteiger partial charge is 0.131 e. The van der Waals surface area contributed by atoms with E-state index in [1.54, 1.807) is 0 Å². The van der Waals surface area contributed by atoms with Gasteiger partial charge in [-0.3, -0.25) is 4.79 Å². The van der Waals surface area contributed by atoms with E-state index in [0.717, 1.165) is 0 Å². The summed E-state index contributed by atoms with van der Waals surface area (Å²) in [6, 6.07) is 2.16. The van der Waals surface area contributed by atoms with Crippen LogP contribution in [0.2, 0.25) is 0 Å². The fourth-order valence-electron chi connectivity index (χ4n) is 1.15. The second-order valence-electron chi connectivity index (χ2n) is 2.87. The molecule has 0 aromatic rings. The lowest BCUT2D eigenvalue weighted by Crippen LogP contribution is -2.53. The van der Waals surface area contributed by atoms with E-state index < -0.39 is 0 Å². The lowest BCUT2D eigenvalue weighted by Gasteiger charge is -2.35. The van der Waals surface area contributed by atoms with Crippen molar-refractivity contribution in [3.8, 4) is 6.07 Å². The van der Waals surface area contributed by atoms with E-state index in [-0.39, 0.29) is 11.2 Å². The first kappa shape index (κ1) is 7.23. The van der Waals surface area contributed by atoms with Crippen molar-refractivity contribution in [2.75, 3.05) is 13.1 Å². The first-order chi connectivity index (χ1) is 4.68. The highest BCUT2D eigenvalue weighted by atomic mass is 16.1. The molecule has 0 saturated carbocycles. The average Bonchev–Trinajstić information content (AvgIpc) is 1.78. The number of hydrogen-bond donors (Lipinski definition) is 1. The molecule has 0 radical (unpaired) electrons. The van der Waals surface area contributed by atoms with Crippen LogP contribution in [0.3, 0.4) is 0 Å². The molecule has 0 amide bonds. The van der Waals surface area contributed by atoms with Crippen molar-refractivity contribution in [3.63, 3.8) is 0 Å². The number of nitrogens with one attached hydrogen (secondary N) is 1. The Morgan fingerprint density at radius 1 is 1.80 bits per heavy atom. The zero-order valence-electron chi connectivity index (χ0n) is 5.98. The third-order valence-electron chi connectivity index (χ3n) is 1.75. The van der Waals surface area contributed by atoms with E-state index in [2.05, 4.69) is 11.4 Å². The van der Waals surface area contributed by atoms with Crippen molar-refractivity contribution in [2.45, 2.75) is 13.3 Å². The number of nitrogens with zero attached hydrogens (tertiary/aromatic N) is 1. The van der Waals surface area contributed by atoms with Gasteiger partial charge in [0.05, 0.1) is 11.5 Å². The van der Waals surface area contributed by atoms with E-state index in [0.29, 0.717) is 19.5 Å². The highest BCUT2D eigenvalue weighted by Crippen LogP contribution is 2.25. The monoisotopic (exact) mass is 138 g/mol. The van der Waals surface area contributed by atoms with Crippen molar-refractivity contribution in [1.82, 2.24) is 5.32 Å². The number of nitriles is 1. The van der Waals surface area contributed by atoms with Crippen molar-refractivity contribution >= 4 is 5.78 Å². The molecule has 54 valence electrons. The molecule has 0 spiro atoms. The van der Waals surface area contributed by atoms with Crippen molar-refractivity contribution in [1.29, 1.82) is 5.26 Å². The molecule has 1 aliphatic heterocycles. The van der Waals surface area contributed by atoms with Crippen LogP contribution in [0.1, 0.15) is 13.3 Å². The van der Waals surface area contributed by atoms with Gasteiger partial charge < -0.3 is 5.32 Å². The van der Waals surface area contributed by atoms with Gasteiger partial charge in [-0.05, 0) is 6.92 Å². The molecule has 1 heterocycles. The third-order valence-corrected chi connectivity index (χ3v) is 1.75. The Morgan fingerprint density at radius 3 is 2.50 bits per heavy atom. The molecule has 1 fully saturated rings. The minimum atomic E-state index is -0.369. The predicted molar refractivity (Wildman–Crippen MR) is 36.2 cm³/mol. The van der Waals surface area contributed by atoms with Crippen LogP contribution < -0.4 is 5.32 Å². The summed E-state index contributed by atoms with van der Waals surface area (Å²) in [6.07, 6.45) is 0.399. The molecule has 0 aliphatic carbocycles. The van der Waals surface area contributed by atoms with Crippen molar-refractivity contribution in [2.24, 2.45) is 5.41 Å². The minimum Gasteiger partial charge on any atom is -0.313 e. The lowest BCUT2D eigenvalue weighted by molar-refractivity contribution is -0.119. The molecule has 0 bridgehead atoms. The van der Waals surface area contributed by atoms with E-state index >= 15 is 0 Å². The first-order valence-electron chi connectivity index (χ1n) is 3.30. The molecule has 0 atom stereocenters. The molecule has 10 heavy (non-hydrogen) atoms. The Balaban J connectivity index is 2.51. The van der Waals surface area contributed by atoms with Crippen LogP contribution in [0.5, 0.6) is 0 Å². The standard InChI is InChI=1S/C7H10N2O/c1-6(10)2-7(3-8)4-9-5-7/h9H,2,4-5H2,1H3. The van der Waals surface area contributed by atoms with Gasteiger partial charge >= 0.3 is 0 Å². The number of hydrogen-bond acceptors (Lipinski definition) is 3. The predicted octanol–water partition coefficient (Wildman–Crippen LogP) is 0.0787. The van der Waals surface area contributed by atoms with Crippen molar-refractivity contribution < 1.29 is 4.79 Å². The Hall–Kier alpha value is -0.880. The van der Waals surface area contributed by atoms with Gasteiger partial charge in [-0.2, -0.15) is 5.26 Å². The fraction of sp³-hybridized carbons (Fsp3) is 0.714. The van der Waals surface area contributed by atoms with Crippen LogP contribution in [0.4, 0.5) is 0 Å². The van der Waals surface area contributed by atoms with Gasteiger partial charge in [0.15, 0.2) is 0 Å². The molecule has 0 aromatic heterocycles. The molecule has 1 N–H and O–H groups in total. The number of rotatable bonds is 2. The summed E-state index contributed by atoms with van der Waals surface area (Å²) in [5, 5.41) is 11.6. The normalized spacial score (nSPS) is 20.8. The zero-order chi connectivity index (χ0) is 7.61. The maximum absolute atomic E-state index is 10.6. The molecule has 1 aliphatic rings. The van der Waals surface area contributed by atoms with E-state index in [1.807, 2.05) is 0 Å². The van der Waals surface area contributed by atoms with Crippen LogP contribution in [0, 0.1) is 16.7 Å². The van der Waals surface area contributed by atoms with E-state index in [4.69, 9.17) is 5.26 Å². The summed E-state index contributed by atoms with van der Waals surface area (Å²) in [5.74, 6) is 0.100. The quantitative estimate of drug-likeness (QED) is 0.588. The van der Waals surface area contributed by atoms with E-state index in [9.17, 15) is 4.79 Å². The van der Waals surface area contributed by atoms with Crippen LogP contribution in [-0.4, -0.2) is 18.9 Å². The summed E-state index contributed by atoms with van der Waals surface area (Å²) < 4.78 is 0. The second kappa shape index (κ2) is 2.39. The van der Waals surface area contributed by atoms with Crippen LogP contribution >= 0.6 is 0 Å². The summed E-state index contributed by atoms with van der Waals surface area (Å²) in [5.41, 5.74) is -0.369. The largest absolute Gasteiger partial charge is 0.313 e. The molecule has 3 heteroatoms. The maximum atomic E-state index is 10.6. The van der Waals surface area contributed by atoms with Gasteiger partial charge in [-0.1, -0.05) is 0 Å². The Kier molecular flexibility index (Phi) is 1.73. The zero-order valence-corrected chi connectivity index (χ0v) is 5.98. The maximum Gasteiger partial charge on any atom is 0.131 e. The SMILES string of the molecule is CC(=O)CC1(C#N)CNC1. The molecule has 0 aromatic carbocycles. The number of ketones is 1. The molecule has 3 nitrogen and oxygen atoms in total. The van der Waals surface area contributed by atoms with Gasteiger partial charge in [0.25, 0.3) is 0 Å². The van der Waals surface area contributed by atoms with Gasteiger partial charge in [-0.25, -0.2) is 0 Å². The molecular formula is C7H10N2O. The highest BCUT2D eigenvalue weighted by Gasteiger charge is 2.37. The molecule has 0 unspecified atom stereocenters. The second-order valence-corrected chi connectivity index (χ2v) is 2.87.